The zero-order valence-electron chi connectivity index (χ0n) is 10.2. The van der Waals surface area contributed by atoms with Crippen LogP contribution in [-0.4, -0.2) is 18.0 Å². The molecule has 0 aromatic heterocycles. The summed E-state index contributed by atoms with van der Waals surface area (Å²) in [6, 6.07) is 6.10. The summed E-state index contributed by atoms with van der Waals surface area (Å²) in [5.41, 5.74) is 6.64. The number of hydrogen-bond acceptors (Lipinski definition) is 3. The maximum atomic E-state index is 11.8. The molecule has 0 saturated heterocycles. The summed E-state index contributed by atoms with van der Waals surface area (Å²) in [7, 11) is 0. The zero-order valence-corrected chi connectivity index (χ0v) is 10.2. The number of hydrogen-bond donors (Lipinski definition) is 2. The van der Waals surface area contributed by atoms with E-state index in [2.05, 4.69) is 5.32 Å². The van der Waals surface area contributed by atoms with Crippen molar-refractivity contribution in [3.05, 3.63) is 24.3 Å². The van der Waals surface area contributed by atoms with Crippen molar-refractivity contribution in [2.75, 3.05) is 10.6 Å². The molecular weight excluding hydrogens is 218 g/mol. The van der Waals surface area contributed by atoms with E-state index in [-0.39, 0.29) is 11.9 Å². The number of nitrogens with zero attached hydrogens (tertiary/aromatic N) is 1. The van der Waals surface area contributed by atoms with Crippen LogP contribution in [0.15, 0.2) is 24.3 Å². The molecule has 1 aromatic rings. The van der Waals surface area contributed by atoms with Crippen molar-refractivity contribution >= 4 is 23.3 Å². The molecule has 0 radical (unpaired) electrons. The Labute approximate surface area is 101 Å². The molecule has 1 aromatic carbocycles. The van der Waals surface area contributed by atoms with Gasteiger partial charge in [0.15, 0.2) is 0 Å². The van der Waals surface area contributed by atoms with E-state index < -0.39 is 6.03 Å². The van der Waals surface area contributed by atoms with Crippen molar-refractivity contribution < 1.29 is 9.59 Å². The number of carbonyl (C=O) groups excluding carboxylic acids is 2. The Morgan fingerprint density at radius 2 is 1.76 bits per heavy atom. The van der Waals surface area contributed by atoms with Gasteiger partial charge < -0.3 is 11.1 Å². The van der Waals surface area contributed by atoms with E-state index in [0.29, 0.717) is 11.4 Å². The van der Waals surface area contributed by atoms with Gasteiger partial charge in [-0.15, -0.1) is 0 Å². The van der Waals surface area contributed by atoms with Gasteiger partial charge in [-0.2, -0.15) is 0 Å². The molecule has 0 heterocycles. The second kappa shape index (κ2) is 5.34. The first kappa shape index (κ1) is 13.0. The lowest BCUT2D eigenvalue weighted by molar-refractivity contribution is -0.115. The van der Waals surface area contributed by atoms with E-state index in [0.717, 1.165) is 4.90 Å². The van der Waals surface area contributed by atoms with E-state index in [4.69, 9.17) is 5.73 Å². The number of anilines is 2. The third kappa shape index (κ3) is 3.48. The molecule has 0 unspecified atom stereocenters. The Kier molecular flexibility index (Phi) is 4.09. The Morgan fingerprint density at radius 3 is 2.18 bits per heavy atom. The topological polar surface area (TPSA) is 75.4 Å². The molecule has 0 aliphatic heterocycles. The third-order valence-corrected chi connectivity index (χ3v) is 2.08. The second-order valence-corrected chi connectivity index (χ2v) is 4.05. The molecule has 3 amide bonds. The minimum absolute atomic E-state index is 0.0295. The van der Waals surface area contributed by atoms with Gasteiger partial charge in [0.05, 0.1) is 5.69 Å². The number of nitrogens with two attached hydrogens (primary N) is 1. The van der Waals surface area contributed by atoms with Crippen molar-refractivity contribution in [3.8, 4) is 0 Å². The van der Waals surface area contributed by atoms with E-state index in [1.165, 1.54) is 6.92 Å². The van der Waals surface area contributed by atoms with Gasteiger partial charge in [-0.3, -0.25) is 4.79 Å². The number of nitrogens with one attached hydrogen (secondary N) is 1. The first-order valence-corrected chi connectivity index (χ1v) is 5.38. The fourth-order valence-electron chi connectivity index (χ4n) is 1.38. The molecule has 3 N–H and O–H groups in total. The number of urea groups is 1. The lowest BCUT2D eigenvalue weighted by Crippen LogP contribution is -2.45. The maximum absolute atomic E-state index is 11.8. The van der Waals surface area contributed by atoms with Crippen LogP contribution in [0.25, 0.3) is 0 Å². The van der Waals surface area contributed by atoms with Gasteiger partial charge in [-0.05, 0) is 38.1 Å². The minimum atomic E-state index is -0.433. The van der Waals surface area contributed by atoms with Crippen LogP contribution in [0.5, 0.6) is 0 Å². The molecular formula is C12H17N3O2. The molecule has 0 saturated carbocycles. The summed E-state index contributed by atoms with van der Waals surface area (Å²) >= 11 is 0. The van der Waals surface area contributed by atoms with Gasteiger partial charge in [0, 0.05) is 18.7 Å². The summed E-state index contributed by atoms with van der Waals surface area (Å²) in [5, 5.41) is 2.67. The molecule has 0 atom stereocenters. The first-order chi connectivity index (χ1) is 7.91. The highest BCUT2D eigenvalue weighted by Gasteiger charge is 2.20. The van der Waals surface area contributed by atoms with Crippen LogP contribution in [0.3, 0.4) is 0 Å². The van der Waals surface area contributed by atoms with Crippen LogP contribution < -0.4 is 16.0 Å². The number of nitrogen functional groups attached to an aromatic ring is 1. The Bertz CT molecular complexity index is 412. The van der Waals surface area contributed by atoms with Gasteiger partial charge in [0.2, 0.25) is 5.91 Å². The number of amides is 3. The summed E-state index contributed by atoms with van der Waals surface area (Å²) < 4.78 is 0. The predicted octanol–water partition coefficient (Wildman–Crippen LogP) is 1.74. The minimum Gasteiger partial charge on any atom is -0.399 e. The number of benzene rings is 1. The highest BCUT2D eigenvalue weighted by molar-refractivity contribution is 6.13. The number of rotatable bonds is 2. The molecule has 1 rings (SSSR count). The Morgan fingerprint density at radius 1 is 1.24 bits per heavy atom. The van der Waals surface area contributed by atoms with Crippen molar-refractivity contribution in [2.45, 2.75) is 26.8 Å². The normalized spacial score (nSPS) is 10.1. The average molecular weight is 235 g/mol. The molecule has 0 aliphatic carbocycles. The number of carbonyl (C=O) groups is 2. The van der Waals surface area contributed by atoms with Crippen molar-refractivity contribution in [2.24, 2.45) is 0 Å². The van der Waals surface area contributed by atoms with Gasteiger partial charge in [-0.1, -0.05) is 0 Å². The molecule has 92 valence electrons. The van der Waals surface area contributed by atoms with Crippen molar-refractivity contribution in [1.82, 2.24) is 5.32 Å². The predicted molar refractivity (Wildman–Crippen MR) is 67.7 cm³/mol. The molecule has 0 bridgehead atoms. The molecule has 0 aliphatic rings. The molecule has 0 spiro atoms. The fraction of sp³-hybridized carbons (Fsp3) is 0.333. The Balaban J connectivity index is 2.97. The molecule has 5 heteroatoms. The standard InChI is InChI=1S/C12H17N3O2/c1-8(2)14-12(17)15(9(3)16)11-6-4-10(13)5-7-11/h4-8H,13H2,1-3H3,(H,14,17). The van der Waals surface area contributed by atoms with Crippen molar-refractivity contribution in [3.63, 3.8) is 0 Å². The van der Waals surface area contributed by atoms with Crippen LogP contribution in [0, 0.1) is 0 Å². The maximum Gasteiger partial charge on any atom is 0.328 e. The summed E-state index contributed by atoms with van der Waals surface area (Å²) in [6.45, 7) is 5.01. The third-order valence-electron chi connectivity index (χ3n) is 2.08. The van der Waals surface area contributed by atoms with Crippen LogP contribution >= 0.6 is 0 Å². The Hall–Kier alpha value is -2.04. The molecule has 0 fully saturated rings. The monoisotopic (exact) mass is 235 g/mol. The largest absolute Gasteiger partial charge is 0.399 e. The summed E-state index contributed by atoms with van der Waals surface area (Å²) in [4.78, 5) is 24.4. The zero-order chi connectivity index (χ0) is 13.0. The first-order valence-electron chi connectivity index (χ1n) is 5.38. The highest BCUT2D eigenvalue weighted by Crippen LogP contribution is 2.16. The van der Waals surface area contributed by atoms with Crippen LogP contribution in [0.1, 0.15) is 20.8 Å². The van der Waals surface area contributed by atoms with E-state index >= 15 is 0 Å². The molecule has 17 heavy (non-hydrogen) atoms. The lowest BCUT2D eigenvalue weighted by Gasteiger charge is -2.21. The van der Waals surface area contributed by atoms with E-state index in [1.807, 2.05) is 13.8 Å². The SMILES string of the molecule is CC(=O)N(C(=O)NC(C)C)c1ccc(N)cc1. The lowest BCUT2D eigenvalue weighted by atomic mass is 10.2. The quantitative estimate of drug-likeness (QED) is 0.767. The van der Waals surface area contributed by atoms with Crippen molar-refractivity contribution in [1.29, 1.82) is 0 Å². The highest BCUT2D eigenvalue weighted by atomic mass is 16.2. The molecule has 5 nitrogen and oxygen atoms in total. The van der Waals surface area contributed by atoms with E-state index in [9.17, 15) is 9.59 Å². The van der Waals surface area contributed by atoms with Crippen LogP contribution in [-0.2, 0) is 4.79 Å². The number of imide groups is 1. The van der Waals surface area contributed by atoms with Crippen LogP contribution in [0.4, 0.5) is 16.2 Å². The second-order valence-electron chi connectivity index (χ2n) is 4.05. The average Bonchev–Trinajstić information content (AvgIpc) is 2.19. The van der Waals surface area contributed by atoms with Gasteiger partial charge >= 0.3 is 6.03 Å². The van der Waals surface area contributed by atoms with Gasteiger partial charge in [0.25, 0.3) is 0 Å². The van der Waals surface area contributed by atoms with E-state index in [1.54, 1.807) is 24.3 Å². The fourth-order valence-corrected chi connectivity index (χ4v) is 1.38. The van der Waals surface area contributed by atoms with Crippen LogP contribution in [0.2, 0.25) is 0 Å². The van der Waals surface area contributed by atoms with Gasteiger partial charge in [-0.25, -0.2) is 9.69 Å². The smallest absolute Gasteiger partial charge is 0.328 e. The summed E-state index contributed by atoms with van der Waals surface area (Å²) in [5.74, 6) is -0.340. The van der Waals surface area contributed by atoms with Gasteiger partial charge in [0.1, 0.15) is 0 Å². The summed E-state index contributed by atoms with van der Waals surface area (Å²) in [6.07, 6.45) is 0.